The fraction of sp³-hybridized carbons (Fsp3) is 0.360. The van der Waals surface area contributed by atoms with Crippen molar-refractivity contribution in [1.82, 2.24) is 4.57 Å². The summed E-state index contributed by atoms with van der Waals surface area (Å²) in [6, 6.07) is 11.2. The first-order valence-electron chi connectivity index (χ1n) is 10.2. The van der Waals surface area contributed by atoms with Crippen LogP contribution in [0.5, 0.6) is 11.5 Å². The number of benzene rings is 2. The lowest BCUT2D eigenvalue weighted by Gasteiger charge is -2.24. The fourth-order valence-electron chi connectivity index (χ4n) is 3.73. The van der Waals surface area contributed by atoms with Gasteiger partial charge < -0.3 is 28.7 Å². The molecule has 0 fully saturated rings. The summed E-state index contributed by atoms with van der Waals surface area (Å²) in [5.41, 5.74) is 2.90. The van der Waals surface area contributed by atoms with Crippen LogP contribution in [0.4, 0.5) is 0 Å². The summed E-state index contributed by atoms with van der Waals surface area (Å²) in [4.78, 5) is 25.1. The predicted octanol–water partition coefficient (Wildman–Crippen LogP) is 3.80. The minimum absolute atomic E-state index is 0.177. The van der Waals surface area contributed by atoms with E-state index in [0.717, 1.165) is 35.5 Å². The van der Waals surface area contributed by atoms with E-state index in [1.54, 1.807) is 21.3 Å². The SMILES string of the molecule is CO.COc1ccc(-c2c(C(C=O)OC(C)C)n(C)c(=O)c3ccc(C)cc23)cc1OC. The molecular weight excluding hydrogens is 410 g/mol. The highest BCUT2D eigenvalue weighted by atomic mass is 16.5. The zero-order valence-corrected chi connectivity index (χ0v) is 19.6. The number of hydrogen-bond acceptors (Lipinski definition) is 6. The van der Waals surface area contributed by atoms with Crippen LogP contribution in [0.2, 0.25) is 0 Å². The van der Waals surface area contributed by atoms with Crippen molar-refractivity contribution in [2.75, 3.05) is 21.3 Å². The number of fused-ring (bicyclic) bond motifs is 1. The molecule has 0 radical (unpaired) electrons. The van der Waals surface area contributed by atoms with E-state index in [2.05, 4.69) is 0 Å². The van der Waals surface area contributed by atoms with Crippen molar-refractivity contribution in [3.05, 3.63) is 58.0 Å². The van der Waals surface area contributed by atoms with Crippen molar-refractivity contribution in [1.29, 1.82) is 0 Å². The van der Waals surface area contributed by atoms with Crippen molar-refractivity contribution >= 4 is 17.1 Å². The number of nitrogens with zero attached hydrogens (tertiary/aromatic N) is 1. The summed E-state index contributed by atoms with van der Waals surface area (Å²) in [6.45, 7) is 5.68. The van der Waals surface area contributed by atoms with Crippen LogP contribution in [0, 0.1) is 6.92 Å². The van der Waals surface area contributed by atoms with Gasteiger partial charge >= 0.3 is 0 Å². The number of aryl methyl sites for hydroxylation is 1. The van der Waals surface area contributed by atoms with Crippen molar-refractivity contribution in [3.8, 4) is 22.6 Å². The third kappa shape index (κ3) is 4.84. The van der Waals surface area contributed by atoms with E-state index in [-0.39, 0.29) is 11.7 Å². The van der Waals surface area contributed by atoms with Crippen LogP contribution in [-0.2, 0) is 16.6 Å². The molecule has 1 N–H and O–H groups in total. The molecule has 1 atom stereocenters. The molecule has 1 unspecified atom stereocenters. The average Bonchev–Trinajstić information content (AvgIpc) is 2.80. The molecule has 1 heterocycles. The number of aliphatic hydroxyl groups is 1. The van der Waals surface area contributed by atoms with Crippen molar-refractivity contribution in [3.63, 3.8) is 0 Å². The maximum atomic E-state index is 13.1. The quantitative estimate of drug-likeness (QED) is 0.561. The van der Waals surface area contributed by atoms with Gasteiger partial charge in [0.1, 0.15) is 0 Å². The van der Waals surface area contributed by atoms with Crippen LogP contribution in [0.1, 0.15) is 31.2 Å². The molecular formula is C25H31NO6. The zero-order valence-electron chi connectivity index (χ0n) is 19.6. The lowest BCUT2D eigenvalue weighted by Crippen LogP contribution is -2.26. The van der Waals surface area contributed by atoms with Crippen LogP contribution in [-0.4, -0.2) is 43.4 Å². The summed E-state index contributed by atoms with van der Waals surface area (Å²) >= 11 is 0. The molecule has 0 bridgehead atoms. The minimum Gasteiger partial charge on any atom is -0.493 e. The highest BCUT2D eigenvalue weighted by molar-refractivity contribution is 5.99. The van der Waals surface area contributed by atoms with Gasteiger partial charge in [-0.15, -0.1) is 0 Å². The number of carbonyl (C=O) groups excluding carboxylic acids is 1. The third-order valence-corrected chi connectivity index (χ3v) is 5.08. The molecule has 0 saturated carbocycles. The molecule has 0 aliphatic carbocycles. The normalized spacial score (nSPS) is 11.7. The Kier molecular flexibility index (Phi) is 8.57. The van der Waals surface area contributed by atoms with E-state index < -0.39 is 6.10 Å². The molecule has 0 aliphatic rings. The molecule has 3 rings (SSSR count). The number of pyridine rings is 1. The number of methoxy groups -OCH3 is 2. The lowest BCUT2D eigenvalue weighted by molar-refractivity contribution is -0.121. The van der Waals surface area contributed by atoms with E-state index in [9.17, 15) is 9.59 Å². The number of ether oxygens (including phenoxy) is 3. The lowest BCUT2D eigenvalue weighted by atomic mass is 9.93. The Morgan fingerprint density at radius 2 is 1.62 bits per heavy atom. The maximum Gasteiger partial charge on any atom is 0.258 e. The summed E-state index contributed by atoms with van der Waals surface area (Å²) in [6.07, 6.45) is -0.349. The van der Waals surface area contributed by atoms with Gasteiger partial charge in [0.05, 0.1) is 26.0 Å². The molecule has 7 nitrogen and oxygen atoms in total. The average molecular weight is 442 g/mol. The van der Waals surface area contributed by atoms with Crippen LogP contribution in [0.25, 0.3) is 21.9 Å². The maximum absolute atomic E-state index is 13.1. The van der Waals surface area contributed by atoms with Gasteiger partial charge in [-0.25, -0.2) is 0 Å². The Morgan fingerprint density at radius 1 is 0.969 bits per heavy atom. The number of aromatic nitrogens is 1. The Hall–Kier alpha value is -3.16. The Labute approximate surface area is 188 Å². The first kappa shape index (κ1) is 25.1. The number of hydrogen-bond donors (Lipinski definition) is 1. The topological polar surface area (TPSA) is 87.0 Å². The summed E-state index contributed by atoms with van der Waals surface area (Å²) < 4.78 is 18.2. The highest BCUT2D eigenvalue weighted by Crippen LogP contribution is 2.39. The summed E-state index contributed by atoms with van der Waals surface area (Å²) in [5, 5.41) is 8.34. The second kappa shape index (κ2) is 10.9. The van der Waals surface area contributed by atoms with E-state index >= 15 is 0 Å². The number of rotatable bonds is 7. The Morgan fingerprint density at radius 3 is 2.19 bits per heavy atom. The zero-order chi connectivity index (χ0) is 24.0. The predicted molar refractivity (Wildman–Crippen MR) is 126 cm³/mol. The first-order valence-corrected chi connectivity index (χ1v) is 10.2. The molecule has 0 amide bonds. The second-order valence-corrected chi connectivity index (χ2v) is 7.48. The number of aldehydes is 1. The van der Waals surface area contributed by atoms with E-state index in [4.69, 9.17) is 19.3 Å². The van der Waals surface area contributed by atoms with Crippen molar-refractivity contribution in [2.45, 2.75) is 33.0 Å². The summed E-state index contributed by atoms with van der Waals surface area (Å²) in [5.74, 6) is 1.15. The molecule has 1 aromatic heterocycles. The van der Waals surface area contributed by atoms with Gasteiger partial charge in [0, 0.05) is 25.1 Å². The van der Waals surface area contributed by atoms with Crippen molar-refractivity contribution in [2.24, 2.45) is 7.05 Å². The highest BCUT2D eigenvalue weighted by Gasteiger charge is 2.25. The molecule has 0 saturated heterocycles. The van der Waals surface area contributed by atoms with Gasteiger partial charge in [-0.05, 0) is 49.9 Å². The summed E-state index contributed by atoms with van der Waals surface area (Å²) in [7, 11) is 5.82. The second-order valence-electron chi connectivity index (χ2n) is 7.48. The monoisotopic (exact) mass is 441 g/mol. The van der Waals surface area contributed by atoms with E-state index in [1.165, 1.54) is 4.57 Å². The molecule has 0 spiro atoms. The van der Waals surface area contributed by atoms with E-state index in [0.29, 0.717) is 22.6 Å². The van der Waals surface area contributed by atoms with Crippen molar-refractivity contribution < 1.29 is 24.1 Å². The molecule has 2 aromatic carbocycles. The fourth-order valence-corrected chi connectivity index (χ4v) is 3.73. The molecule has 32 heavy (non-hydrogen) atoms. The van der Waals surface area contributed by atoms with Gasteiger partial charge in [0.15, 0.2) is 23.9 Å². The van der Waals surface area contributed by atoms with Gasteiger partial charge in [-0.2, -0.15) is 0 Å². The molecule has 0 aliphatic heterocycles. The van der Waals surface area contributed by atoms with Gasteiger partial charge in [0.25, 0.3) is 5.56 Å². The number of aliphatic hydroxyl groups excluding tert-OH is 1. The third-order valence-electron chi connectivity index (χ3n) is 5.08. The smallest absolute Gasteiger partial charge is 0.258 e. The van der Waals surface area contributed by atoms with Gasteiger partial charge in [-0.3, -0.25) is 4.79 Å². The van der Waals surface area contributed by atoms with Gasteiger partial charge in [0.2, 0.25) is 0 Å². The number of carbonyl (C=O) groups is 1. The van der Waals surface area contributed by atoms with Crippen LogP contribution < -0.4 is 15.0 Å². The Balaban J connectivity index is 0.00000176. The molecule has 3 aromatic rings. The minimum atomic E-state index is -0.893. The largest absolute Gasteiger partial charge is 0.493 e. The van der Waals surface area contributed by atoms with Crippen LogP contribution >= 0.6 is 0 Å². The molecule has 172 valence electrons. The van der Waals surface area contributed by atoms with Crippen LogP contribution in [0.3, 0.4) is 0 Å². The first-order chi connectivity index (χ1) is 15.3. The van der Waals surface area contributed by atoms with Gasteiger partial charge in [-0.1, -0.05) is 23.8 Å². The Bertz CT molecular complexity index is 1150. The standard InChI is InChI=1S/C24H27NO5.CH4O/c1-14(2)30-21(13-26)23-22(16-8-10-19(28-5)20(12-16)29-6)18-11-15(3)7-9-17(18)24(27)25(23)4;1-2/h7-14,21H,1-6H3;2H,1H3. The van der Waals surface area contributed by atoms with E-state index in [1.807, 2.05) is 57.2 Å². The molecule has 7 heteroatoms. The van der Waals surface area contributed by atoms with Crippen LogP contribution in [0.15, 0.2) is 41.2 Å².